The summed E-state index contributed by atoms with van der Waals surface area (Å²) < 4.78 is 21.7. The van der Waals surface area contributed by atoms with Gasteiger partial charge in [-0.3, -0.25) is 4.79 Å². The molecule has 0 saturated heterocycles. The molecule has 3 aromatic rings. The highest BCUT2D eigenvalue weighted by Crippen LogP contribution is 2.23. The minimum atomic E-state index is -0.314. The van der Waals surface area contributed by atoms with Gasteiger partial charge in [-0.15, -0.1) is 10.2 Å². The maximum atomic E-state index is 13.3. The smallest absolute Gasteiger partial charge is 0.250 e. The largest absolute Gasteiger partial charge is 0.488 e. The molecule has 0 aliphatic carbocycles. The first-order valence-electron chi connectivity index (χ1n) is 8.47. The van der Waals surface area contributed by atoms with Crippen LogP contribution in [0.25, 0.3) is 0 Å². The third kappa shape index (κ3) is 6.40. The molecule has 3 rings (SSSR count). The van der Waals surface area contributed by atoms with Gasteiger partial charge in [-0.05, 0) is 35.9 Å². The van der Waals surface area contributed by atoms with Crippen LogP contribution in [0.2, 0.25) is 0 Å². The molecule has 0 bridgehead atoms. The van der Waals surface area contributed by atoms with Crippen molar-refractivity contribution in [3.63, 3.8) is 0 Å². The minimum Gasteiger partial charge on any atom is -0.488 e. The topological polar surface area (TPSA) is 81.4 Å². The molecule has 0 fully saturated rings. The zero-order chi connectivity index (χ0) is 20.6. The number of carbonyl (C=O) groups is 1. The molecule has 0 atom stereocenters. The van der Waals surface area contributed by atoms with E-state index in [4.69, 9.17) is 4.74 Å². The number of hydrogen-bond acceptors (Lipinski definition) is 6. The molecular weight excluding hydrogens is 461 g/mol. The number of aryl methyl sites for hydroxylation is 1. The van der Waals surface area contributed by atoms with E-state index in [1.165, 1.54) is 30.1 Å². The van der Waals surface area contributed by atoms with E-state index in [1.807, 2.05) is 12.1 Å². The van der Waals surface area contributed by atoms with Crippen LogP contribution in [0.15, 0.2) is 63.5 Å². The monoisotopic (exact) mass is 477 g/mol. The maximum absolute atomic E-state index is 13.3. The average Bonchev–Trinajstić information content (AvgIpc) is 3.10. The van der Waals surface area contributed by atoms with Crippen LogP contribution >= 0.6 is 27.7 Å². The number of amides is 1. The van der Waals surface area contributed by atoms with Crippen LogP contribution in [0, 0.1) is 5.82 Å². The van der Waals surface area contributed by atoms with Crippen molar-refractivity contribution in [1.82, 2.24) is 20.2 Å². The van der Waals surface area contributed by atoms with Crippen molar-refractivity contribution >= 4 is 39.8 Å². The summed E-state index contributed by atoms with van der Waals surface area (Å²) in [5.41, 5.74) is 3.85. The Morgan fingerprint density at radius 3 is 3.00 bits per heavy atom. The summed E-state index contributed by atoms with van der Waals surface area (Å²) in [5.74, 6) is 0.131. The number of nitrogens with one attached hydrogen (secondary N) is 1. The van der Waals surface area contributed by atoms with E-state index in [9.17, 15) is 9.18 Å². The molecule has 1 amide bonds. The highest BCUT2D eigenvalue weighted by molar-refractivity contribution is 9.10. The molecule has 0 aliphatic rings. The summed E-state index contributed by atoms with van der Waals surface area (Å²) in [6.45, 7) is 0.209. The molecule has 10 heteroatoms. The van der Waals surface area contributed by atoms with E-state index in [-0.39, 0.29) is 24.1 Å². The van der Waals surface area contributed by atoms with Gasteiger partial charge in [0.25, 0.3) is 5.91 Å². The van der Waals surface area contributed by atoms with Gasteiger partial charge in [0.15, 0.2) is 5.16 Å². The Morgan fingerprint density at radius 1 is 1.38 bits per heavy atom. The van der Waals surface area contributed by atoms with Crippen LogP contribution in [-0.4, -0.2) is 32.6 Å². The molecule has 1 heterocycles. The number of ether oxygens (including phenoxy) is 1. The number of benzene rings is 2. The van der Waals surface area contributed by atoms with Crippen LogP contribution in [0.4, 0.5) is 4.39 Å². The lowest BCUT2D eigenvalue weighted by Gasteiger charge is -2.10. The first-order chi connectivity index (χ1) is 14.0. The number of rotatable bonds is 8. The Labute approximate surface area is 179 Å². The predicted octanol–water partition coefficient (Wildman–Crippen LogP) is 3.54. The number of hydrogen-bond donors (Lipinski definition) is 1. The SMILES string of the molecule is Cn1cnnc1SCC(=O)N/N=C/c1cc(Br)ccc1OCc1cccc(F)c1. The van der Waals surface area contributed by atoms with Crippen molar-refractivity contribution < 1.29 is 13.9 Å². The number of halogens is 2. The molecule has 7 nitrogen and oxygen atoms in total. The normalized spacial score (nSPS) is 11.0. The van der Waals surface area contributed by atoms with E-state index < -0.39 is 0 Å². The van der Waals surface area contributed by atoms with Crippen molar-refractivity contribution in [2.75, 3.05) is 5.75 Å². The zero-order valence-electron chi connectivity index (χ0n) is 15.4. The number of nitrogens with zero attached hydrogens (tertiary/aromatic N) is 4. The highest BCUT2D eigenvalue weighted by Gasteiger charge is 2.07. The van der Waals surface area contributed by atoms with Crippen molar-refractivity contribution in [2.45, 2.75) is 11.8 Å². The Balaban J connectivity index is 1.58. The molecule has 0 spiro atoms. The van der Waals surface area contributed by atoms with Gasteiger partial charge in [0.2, 0.25) is 0 Å². The zero-order valence-corrected chi connectivity index (χ0v) is 17.8. The summed E-state index contributed by atoms with van der Waals surface area (Å²) in [6.07, 6.45) is 3.06. The van der Waals surface area contributed by atoms with Crippen LogP contribution < -0.4 is 10.2 Å². The number of aromatic nitrogens is 3. The van der Waals surface area contributed by atoms with Gasteiger partial charge in [-0.2, -0.15) is 5.10 Å². The molecule has 1 aromatic heterocycles. The lowest BCUT2D eigenvalue weighted by atomic mass is 10.2. The van der Waals surface area contributed by atoms with Gasteiger partial charge >= 0.3 is 0 Å². The fourth-order valence-corrected chi connectivity index (χ4v) is 3.34. The molecule has 2 aromatic carbocycles. The molecule has 0 aliphatic heterocycles. The highest BCUT2D eigenvalue weighted by atomic mass is 79.9. The Hall–Kier alpha value is -2.72. The summed E-state index contributed by atoms with van der Waals surface area (Å²) in [4.78, 5) is 12.0. The first-order valence-corrected chi connectivity index (χ1v) is 10.2. The van der Waals surface area contributed by atoms with Crippen LogP contribution in [0.3, 0.4) is 0 Å². The van der Waals surface area contributed by atoms with Crippen molar-refractivity contribution in [3.8, 4) is 5.75 Å². The van der Waals surface area contributed by atoms with Gasteiger partial charge in [0, 0.05) is 17.1 Å². The summed E-state index contributed by atoms with van der Waals surface area (Å²) in [6, 6.07) is 11.6. The van der Waals surface area contributed by atoms with Crippen molar-refractivity contribution in [3.05, 3.63) is 70.2 Å². The minimum absolute atomic E-state index is 0.158. The summed E-state index contributed by atoms with van der Waals surface area (Å²) >= 11 is 4.66. The Kier molecular flexibility index (Phi) is 7.36. The lowest BCUT2D eigenvalue weighted by molar-refractivity contribution is -0.118. The number of thioether (sulfide) groups is 1. The van der Waals surface area contributed by atoms with Gasteiger partial charge in [-0.25, -0.2) is 9.82 Å². The fraction of sp³-hybridized carbons (Fsp3) is 0.158. The molecule has 0 unspecified atom stereocenters. The second-order valence-corrected chi connectivity index (χ2v) is 7.77. The van der Waals surface area contributed by atoms with Gasteiger partial charge in [0.1, 0.15) is 24.5 Å². The van der Waals surface area contributed by atoms with Crippen LogP contribution in [-0.2, 0) is 18.4 Å². The quantitative estimate of drug-likeness (QED) is 0.304. The summed E-state index contributed by atoms with van der Waals surface area (Å²) in [7, 11) is 1.80. The molecule has 150 valence electrons. The maximum Gasteiger partial charge on any atom is 0.250 e. The van der Waals surface area contributed by atoms with Crippen molar-refractivity contribution in [2.24, 2.45) is 12.1 Å². The third-order valence-corrected chi connectivity index (χ3v) is 5.18. The lowest BCUT2D eigenvalue weighted by Crippen LogP contribution is -2.20. The average molecular weight is 478 g/mol. The molecule has 29 heavy (non-hydrogen) atoms. The fourth-order valence-electron chi connectivity index (χ4n) is 2.28. The molecule has 0 saturated carbocycles. The van der Waals surface area contributed by atoms with Crippen molar-refractivity contribution in [1.29, 1.82) is 0 Å². The van der Waals surface area contributed by atoms with Crippen LogP contribution in [0.1, 0.15) is 11.1 Å². The Bertz CT molecular complexity index is 1030. The predicted molar refractivity (Wildman–Crippen MR) is 112 cm³/mol. The van der Waals surface area contributed by atoms with E-state index in [2.05, 4.69) is 36.7 Å². The number of hydrazone groups is 1. The number of carbonyl (C=O) groups excluding carboxylic acids is 1. The van der Waals surface area contributed by atoms with E-state index >= 15 is 0 Å². The van der Waals surface area contributed by atoms with Crippen LogP contribution in [0.5, 0.6) is 5.75 Å². The van der Waals surface area contributed by atoms with E-state index in [0.717, 1.165) is 4.47 Å². The summed E-state index contributed by atoms with van der Waals surface area (Å²) in [5, 5.41) is 12.3. The Morgan fingerprint density at radius 2 is 2.24 bits per heavy atom. The standard InChI is InChI=1S/C19H17BrFN5O2S/c1-26-12-23-25-19(26)29-11-18(27)24-22-9-14-8-15(20)5-6-17(14)28-10-13-3-2-4-16(21)7-13/h2-9,12H,10-11H2,1H3,(H,24,27)/b22-9+. The van der Waals surface area contributed by atoms with Gasteiger partial charge in [-0.1, -0.05) is 39.8 Å². The molecule has 0 radical (unpaired) electrons. The molecule has 1 N–H and O–H groups in total. The first kappa shape index (κ1) is 21.0. The second kappa shape index (κ2) is 10.2. The van der Waals surface area contributed by atoms with Gasteiger partial charge < -0.3 is 9.30 Å². The van der Waals surface area contributed by atoms with E-state index in [1.54, 1.807) is 36.1 Å². The third-order valence-electron chi connectivity index (χ3n) is 3.65. The second-order valence-electron chi connectivity index (χ2n) is 5.91. The van der Waals surface area contributed by atoms with E-state index in [0.29, 0.717) is 22.0 Å². The molecular formula is C19H17BrFN5O2S. The van der Waals surface area contributed by atoms with Gasteiger partial charge in [0.05, 0.1) is 12.0 Å².